The van der Waals surface area contributed by atoms with E-state index in [1.807, 2.05) is 0 Å². The van der Waals surface area contributed by atoms with Crippen molar-refractivity contribution in [2.45, 2.75) is 57.7 Å². The second-order valence-corrected chi connectivity index (χ2v) is 5.84. The molecule has 14 heavy (non-hydrogen) atoms. The van der Waals surface area contributed by atoms with Gasteiger partial charge in [-0.15, -0.1) is 0 Å². The Hall–Kier alpha value is -0.0800. The predicted octanol–water partition coefficient (Wildman–Crippen LogP) is 1.94. The molecule has 2 rings (SSSR count). The summed E-state index contributed by atoms with van der Waals surface area (Å²) in [4.78, 5) is 0. The summed E-state index contributed by atoms with van der Waals surface area (Å²) < 4.78 is 0. The molecule has 4 atom stereocenters. The molecule has 0 aromatic heterocycles. The van der Waals surface area contributed by atoms with E-state index in [1.54, 1.807) is 13.8 Å². The molecule has 2 saturated carbocycles. The van der Waals surface area contributed by atoms with E-state index in [4.69, 9.17) is 0 Å². The second-order valence-electron chi connectivity index (χ2n) is 5.84. The number of fused-ring (bicyclic) bond motifs is 2. The first kappa shape index (κ1) is 10.4. The molecule has 2 aliphatic carbocycles. The summed E-state index contributed by atoms with van der Waals surface area (Å²) in [6, 6.07) is 0. The van der Waals surface area contributed by atoms with Crippen LogP contribution in [0, 0.1) is 17.8 Å². The van der Waals surface area contributed by atoms with Crippen molar-refractivity contribution in [3.05, 3.63) is 0 Å². The maximum Gasteiger partial charge on any atom is 0.0849 e. The van der Waals surface area contributed by atoms with Crippen molar-refractivity contribution in [1.29, 1.82) is 0 Å². The number of aliphatic hydroxyl groups is 2. The lowest BCUT2D eigenvalue weighted by Gasteiger charge is -2.30. The Bertz CT molecular complexity index is 207. The molecule has 2 aliphatic rings. The zero-order valence-corrected chi connectivity index (χ0v) is 9.24. The van der Waals surface area contributed by atoms with E-state index >= 15 is 0 Å². The van der Waals surface area contributed by atoms with Crippen LogP contribution in [0.1, 0.15) is 46.0 Å². The summed E-state index contributed by atoms with van der Waals surface area (Å²) in [5.74, 6) is 2.45. The molecule has 0 aromatic carbocycles. The topological polar surface area (TPSA) is 40.5 Å². The van der Waals surface area contributed by atoms with Crippen LogP contribution in [-0.2, 0) is 0 Å². The van der Waals surface area contributed by atoms with E-state index < -0.39 is 11.7 Å². The van der Waals surface area contributed by atoms with Crippen LogP contribution >= 0.6 is 0 Å². The lowest BCUT2D eigenvalue weighted by Crippen LogP contribution is -2.38. The van der Waals surface area contributed by atoms with E-state index in [9.17, 15) is 10.2 Å². The van der Waals surface area contributed by atoms with Gasteiger partial charge < -0.3 is 10.2 Å². The summed E-state index contributed by atoms with van der Waals surface area (Å²) in [6.07, 6.45) is 5.67. The summed E-state index contributed by atoms with van der Waals surface area (Å²) >= 11 is 0. The Morgan fingerprint density at radius 3 is 2.43 bits per heavy atom. The first-order valence-corrected chi connectivity index (χ1v) is 5.87. The highest BCUT2D eigenvalue weighted by Crippen LogP contribution is 2.50. The second kappa shape index (κ2) is 3.49. The third-order valence-electron chi connectivity index (χ3n) is 4.23. The Balaban J connectivity index is 1.87. The summed E-state index contributed by atoms with van der Waals surface area (Å²) in [7, 11) is 0. The fourth-order valence-corrected chi connectivity index (χ4v) is 3.24. The Morgan fingerprint density at radius 1 is 1.29 bits per heavy atom. The van der Waals surface area contributed by atoms with Gasteiger partial charge >= 0.3 is 0 Å². The predicted molar refractivity (Wildman–Crippen MR) is 55.9 cm³/mol. The number of rotatable bonds is 3. The van der Waals surface area contributed by atoms with Gasteiger partial charge in [-0.05, 0) is 57.3 Å². The maximum absolute atomic E-state index is 9.82. The molecular formula is C12H22O2. The van der Waals surface area contributed by atoms with Crippen LogP contribution in [0.25, 0.3) is 0 Å². The van der Waals surface area contributed by atoms with Gasteiger partial charge in [0.1, 0.15) is 0 Å². The first-order chi connectivity index (χ1) is 6.47. The number of hydrogen-bond acceptors (Lipinski definition) is 2. The lowest BCUT2D eigenvalue weighted by atomic mass is 9.82. The maximum atomic E-state index is 9.82. The van der Waals surface area contributed by atoms with Crippen molar-refractivity contribution in [1.82, 2.24) is 0 Å². The lowest BCUT2D eigenvalue weighted by molar-refractivity contribution is -0.0613. The van der Waals surface area contributed by atoms with Gasteiger partial charge in [-0.3, -0.25) is 0 Å². The first-order valence-electron chi connectivity index (χ1n) is 5.87. The molecule has 0 saturated heterocycles. The Morgan fingerprint density at radius 2 is 2.00 bits per heavy atom. The molecule has 2 bridgehead atoms. The van der Waals surface area contributed by atoms with Crippen molar-refractivity contribution in [3.8, 4) is 0 Å². The molecule has 82 valence electrons. The van der Waals surface area contributed by atoms with Crippen LogP contribution in [0.3, 0.4) is 0 Å². The van der Waals surface area contributed by atoms with Crippen LogP contribution in [-0.4, -0.2) is 21.9 Å². The van der Waals surface area contributed by atoms with Crippen LogP contribution in [0.4, 0.5) is 0 Å². The fourth-order valence-electron chi connectivity index (χ4n) is 3.24. The molecule has 0 aromatic rings. The third kappa shape index (κ3) is 1.96. The highest BCUT2D eigenvalue weighted by molar-refractivity contribution is 4.92. The minimum absolute atomic E-state index is 0.549. The number of aliphatic hydroxyl groups excluding tert-OH is 1. The molecule has 0 heterocycles. The van der Waals surface area contributed by atoms with Crippen molar-refractivity contribution < 1.29 is 10.2 Å². The van der Waals surface area contributed by atoms with Gasteiger partial charge in [-0.25, -0.2) is 0 Å². The third-order valence-corrected chi connectivity index (χ3v) is 4.23. The summed E-state index contributed by atoms with van der Waals surface area (Å²) in [5, 5.41) is 19.5. The van der Waals surface area contributed by atoms with Crippen LogP contribution in [0.2, 0.25) is 0 Å². The average Bonchev–Trinajstić information content (AvgIpc) is 2.62. The molecule has 0 spiro atoms. The molecule has 0 amide bonds. The summed E-state index contributed by atoms with van der Waals surface area (Å²) in [6.45, 7) is 3.40. The molecule has 2 N–H and O–H groups in total. The SMILES string of the molecule is CC(C)(O)C(O)CC1CC2CCC1C2. The normalized spacial score (nSPS) is 39.0. The molecule has 2 nitrogen and oxygen atoms in total. The summed E-state index contributed by atoms with van der Waals surface area (Å²) in [5.41, 5.74) is -0.929. The molecule has 0 aliphatic heterocycles. The van der Waals surface area contributed by atoms with Crippen molar-refractivity contribution in [3.63, 3.8) is 0 Å². The molecule has 4 unspecified atom stereocenters. The monoisotopic (exact) mass is 198 g/mol. The van der Waals surface area contributed by atoms with E-state index in [0.29, 0.717) is 5.92 Å². The Labute approximate surface area is 86.3 Å². The minimum Gasteiger partial charge on any atom is -0.390 e. The molecule has 0 radical (unpaired) electrons. The van der Waals surface area contributed by atoms with Gasteiger partial charge in [0.25, 0.3) is 0 Å². The highest BCUT2D eigenvalue weighted by Gasteiger charge is 2.41. The van der Waals surface area contributed by atoms with Gasteiger partial charge in [-0.1, -0.05) is 6.42 Å². The Kier molecular flexibility index (Phi) is 2.61. The van der Waals surface area contributed by atoms with E-state index in [0.717, 1.165) is 18.3 Å². The zero-order valence-electron chi connectivity index (χ0n) is 9.24. The average molecular weight is 198 g/mol. The standard InChI is InChI=1S/C12H22O2/c1-12(2,14)11(13)7-10-6-8-3-4-9(10)5-8/h8-11,13-14H,3-7H2,1-2H3. The van der Waals surface area contributed by atoms with Crippen LogP contribution < -0.4 is 0 Å². The number of hydrogen-bond donors (Lipinski definition) is 2. The fraction of sp³-hybridized carbons (Fsp3) is 1.00. The smallest absolute Gasteiger partial charge is 0.0849 e. The zero-order chi connectivity index (χ0) is 10.3. The minimum atomic E-state index is -0.929. The van der Waals surface area contributed by atoms with Crippen LogP contribution in [0.5, 0.6) is 0 Å². The highest BCUT2D eigenvalue weighted by atomic mass is 16.3. The van der Waals surface area contributed by atoms with Crippen molar-refractivity contribution in [2.24, 2.45) is 17.8 Å². The largest absolute Gasteiger partial charge is 0.390 e. The van der Waals surface area contributed by atoms with Gasteiger partial charge in [0.15, 0.2) is 0 Å². The molecular weight excluding hydrogens is 176 g/mol. The van der Waals surface area contributed by atoms with E-state index in [1.165, 1.54) is 25.7 Å². The van der Waals surface area contributed by atoms with E-state index in [-0.39, 0.29) is 0 Å². The van der Waals surface area contributed by atoms with Crippen molar-refractivity contribution >= 4 is 0 Å². The van der Waals surface area contributed by atoms with Crippen molar-refractivity contribution in [2.75, 3.05) is 0 Å². The van der Waals surface area contributed by atoms with Gasteiger partial charge in [0.05, 0.1) is 11.7 Å². The molecule has 2 heteroatoms. The van der Waals surface area contributed by atoms with Gasteiger partial charge in [-0.2, -0.15) is 0 Å². The quantitative estimate of drug-likeness (QED) is 0.727. The van der Waals surface area contributed by atoms with E-state index in [2.05, 4.69) is 0 Å². The van der Waals surface area contributed by atoms with Gasteiger partial charge in [0, 0.05) is 0 Å². The van der Waals surface area contributed by atoms with Gasteiger partial charge in [0.2, 0.25) is 0 Å². The van der Waals surface area contributed by atoms with Crippen LogP contribution in [0.15, 0.2) is 0 Å². The molecule has 2 fully saturated rings.